The van der Waals surface area contributed by atoms with Crippen LogP contribution in [0.1, 0.15) is 23.0 Å². The van der Waals surface area contributed by atoms with Crippen LogP contribution in [-0.4, -0.2) is 39.1 Å². The highest BCUT2D eigenvalue weighted by molar-refractivity contribution is 6.33. The number of halogens is 1. The lowest BCUT2D eigenvalue weighted by molar-refractivity contribution is 0.0526. The van der Waals surface area contributed by atoms with Gasteiger partial charge in [-0.2, -0.15) is 5.10 Å². The Balaban J connectivity index is 1.85. The molecular formula is C15H13ClN6O3. The Kier molecular flexibility index (Phi) is 4.75. The summed E-state index contributed by atoms with van der Waals surface area (Å²) in [6.45, 7) is 1.99. The predicted octanol–water partition coefficient (Wildman–Crippen LogP) is 2.23. The van der Waals surface area contributed by atoms with Crippen molar-refractivity contribution in [1.29, 1.82) is 0 Å². The first-order valence-electron chi connectivity index (χ1n) is 7.23. The molecule has 0 aliphatic carbocycles. The molecule has 0 fully saturated rings. The molecule has 0 aliphatic rings. The first kappa shape index (κ1) is 16.7. The molecule has 2 heterocycles. The number of esters is 1. The van der Waals surface area contributed by atoms with Crippen LogP contribution in [0.5, 0.6) is 0 Å². The molecule has 2 aromatic heterocycles. The number of carbonyl (C=O) groups is 1. The van der Waals surface area contributed by atoms with Crippen molar-refractivity contribution in [2.45, 2.75) is 6.92 Å². The summed E-state index contributed by atoms with van der Waals surface area (Å²) >= 11 is 6.06. The van der Waals surface area contributed by atoms with Gasteiger partial charge in [0.25, 0.3) is 5.95 Å². The molecule has 0 unspecified atom stereocenters. The average Bonchev–Trinajstić information content (AvgIpc) is 3.22. The van der Waals surface area contributed by atoms with Gasteiger partial charge in [0.15, 0.2) is 0 Å². The van der Waals surface area contributed by atoms with Crippen LogP contribution in [0.3, 0.4) is 0 Å². The quantitative estimate of drug-likeness (QED) is 0.546. The van der Waals surface area contributed by atoms with E-state index < -0.39 is 5.97 Å². The molecule has 0 aliphatic heterocycles. The Hall–Kier alpha value is -3.20. The molecule has 1 aromatic carbocycles. The van der Waals surface area contributed by atoms with Gasteiger partial charge in [-0.3, -0.25) is 0 Å². The number of nitrogen functional groups attached to an aromatic ring is 1. The van der Waals surface area contributed by atoms with Crippen molar-refractivity contribution in [1.82, 2.24) is 20.3 Å². The molecule has 25 heavy (non-hydrogen) atoms. The third-order valence-corrected chi connectivity index (χ3v) is 3.47. The highest BCUT2D eigenvalue weighted by atomic mass is 35.5. The molecule has 0 spiro atoms. The van der Waals surface area contributed by atoms with E-state index in [0.29, 0.717) is 22.1 Å². The summed E-state index contributed by atoms with van der Waals surface area (Å²) in [5.41, 5.74) is 6.46. The maximum atomic E-state index is 11.9. The molecule has 0 saturated heterocycles. The number of nitrogens with zero attached hydrogens (tertiary/aromatic N) is 5. The highest BCUT2D eigenvalue weighted by Crippen LogP contribution is 2.27. The van der Waals surface area contributed by atoms with Gasteiger partial charge in [-0.15, -0.1) is 0 Å². The van der Waals surface area contributed by atoms with Crippen molar-refractivity contribution in [3.8, 4) is 11.3 Å². The van der Waals surface area contributed by atoms with Gasteiger partial charge in [0, 0.05) is 5.56 Å². The largest absolute Gasteiger partial charge is 0.462 e. The molecule has 9 nitrogen and oxygen atoms in total. The third-order valence-electron chi connectivity index (χ3n) is 3.14. The number of rotatable bonds is 5. The average molecular weight is 361 g/mol. The van der Waals surface area contributed by atoms with Gasteiger partial charge in [0.05, 0.1) is 23.4 Å². The second-order valence-electron chi connectivity index (χ2n) is 4.79. The summed E-state index contributed by atoms with van der Waals surface area (Å²) in [5.74, 6) is 0.558. The van der Waals surface area contributed by atoms with E-state index in [1.165, 1.54) is 6.21 Å². The Morgan fingerprint density at radius 1 is 1.44 bits per heavy atom. The number of hydrogen-bond acceptors (Lipinski definition) is 8. The second kappa shape index (κ2) is 7.14. The van der Waals surface area contributed by atoms with E-state index in [4.69, 9.17) is 26.5 Å². The maximum Gasteiger partial charge on any atom is 0.339 e. The van der Waals surface area contributed by atoms with Crippen LogP contribution in [0.2, 0.25) is 5.02 Å². The molecule has 0 atom stereocenters. The van der Waals surface area contributed by atoms with Crippen LogP contribution in [0.15, 0.2) is 39.9 Å². The molecular weight excluding hydrogens is 348 g/mol. The molecule has 128 valence electrons. The Morgan fingerprint density at radius 3 is 3.00 bits per heavy atom. The van der Waals surface area contributed by atoms with Crippen molar-refractivity contribution in [3.63, 3.8) is 0 Å². The van der Waals surface area contributed by atoms with E-state index in [0.717, 1.165) is 4.79 Å². The lowest BCUT2D eigenvalue weighted by Gasteiger charge is -2.05. The molecule has 0 amide bonds. The van der Waals surface area contributed by atoms with Crippen LogP contribution in [0, 0.1) is 0 Å². The standard InChI is InChI=1S/C15H13ClN6O3/c1-2-24-14(23)11-7-9(3-5-12(11)16)13-6-4-10(25-13)8-18-22-15(17)19-20-21-22/h3-8H,2H2,1H3,(H2,17,19,21)/b18-8+. The fourth-order valence-electron chi connectivity index (χ4n) is 2.00. The van der Waals surface area contributed by atoms with Gasteiger partial charge in [0.2, 0.25) is 0 Å². The number of hydrogen-bond donors (Lipinski definition) is 1. The number of benzene rings is 1. The number of tetrazole rings is 1. The number of ether oxygens (including phenoxy) is 1. The first-order chi connectivity index (χ1) is 12.1. The van der Waals surface area contributed by atoms with Crippen LogP contribution in [0.25, 0.3) is 11.3 Å². The van der Waals surface area contributed by atoms with Gasteiger partial charge < -0.3 is 14.9 Å². The maximum absolute atomic E-state index is 11.9. The predicted molar refractivity (Wildman–Crippen MR) is 90.3 cm³/mol. The van der Waals surface area contributed by atoms with Gasteiger partial charge in [-0.25, -0.2) is 4.79 Å². The van der Waals surface area contributed by atoms with Gasteiger partial charge >= 0.3 is 5.97 Å². The SMILES string of the molecule is CCOC(=O)c1cc(-c2ccc(/C=N/n3nnnc3N)o2)ccc1Cl. The topological polar surface area (TPSA) is 121 Å². The molecule has 0 saturated carbocycles. The summed E-state index contributed by atoms with van der Waals surface area (Å²) in [5, 5.41) is 14.7. The van der Waals surface area contributed by atoms with E-state index in [1.54, 1.807) is 37.3 Å². The number of nitrogens with two attached hydrogens (primary N) is 1. The summed E-state index contributed by atoms with van der Waals surface area (Å²) in [6, 6.07) is 8.41. The van der Waals surface area contributed by atoms with Crippen molar-refractivity contribution >= 4 is 29.7 Å². The van der Waals surface area contributed by atoms with Crippen molar-refractivity contribution in [2.75, 3.05) is 12.3 Å². The minimum absolute atomic E-state index is 0.0554. The minimum Gasteiger partial charge on any atom is -0.462 e. The molecule has 0 bridgehead atoms. The summed E-state index contributed by atoms with van der Waals surface area (Å²) in [6.07, 6.45) is 1.42. The highest BCUT2D eigenvalue weighted by Gasteiger charge is 2.14. The zero-order valence-electron chi connectivity index (χ0n) is 13.1. The Labute approximate surface area is 147 Å². The van der Waals surface area contributed by atoms with Crippen LogP contribution < -0.4 is 5.73 Å². The second-order valence-corrected chi connectivity index (χ2v) is 5.20. The van der Waals surface area contributed by atoms with E-state index in [1.807, 2.05) is 0 Å². The van der Waals surface area contributed by atoms with Crippen molar-refractivity contribution in [3.05, 3.63) is 46.7 Å². The monoisotopic (exact) mass is 360 g/mol. The third kappa shape index (κ3) is 3.66. The molecule has 10 heteroatoms. The van der Waals surface area contributed by atoms with E-state index in [2.05, 4.69) is 20.6 Å². The zero-order valence-corrected chi connectivity index (χ0v) is 13.8. The van der Waals surface area contributed by atoms with Crippen molar-refractivity contribution < 1.29 is 13.9 Å². The number of furan rings is 1. The lowest BCUT2D eigenvalue weighted by Crippen LogP contribution is -2.05. The van der Waals surface area contributed by atoms with E-state index in [-0.39, 0.29) is 18.1 Å². The van der Waals surface area contributed by atoms with Gasteiger partial charge in [-0.05, 0) is 47.7 Å². The zero-order chi connectivity index (χ0) is 17.8. The van der Waals surface area contributed by atoms with Crippen LogP contribution >= 0.6 is 11.6 Å². The fraction of sp³-hybridized carbons (Fsp3) is 0.133. The van der Waals surface area contributed by atoms with Crippen LogP contribution in [-0.2, 0) is 4.74 Å². The Morgan fingerprint density at radius 2 is 2.28 bits per heavy atom. The van der Waals surface area contributed by atoms with Gasteiger partial charge in [-0.1, -0.05) is 21.5 Å². The fourth-order valence-corrected chi connectivity index (χ4v) is 2.20. The first-order valence-corrected chi connectivity index (χ1v) is 7.61. The summed E-state index contributed by atoms with van der Waals surface area (Å²) < 4.78 is 10.7. The van der Waals surface area contributed by atoms with Crippen LogP contribution in [0.4, 0.5) is 5.95 Å². The summed E-state index contributed by atoms with van der Waals surface area (Å²) in [4.78, 5) is 13.0. The van der Waals surface area contributed by atoms with E-state index >= 15 is 0 Å². The molecule has 3 aromatic rings. The normalized spacial score (nSPS) is 11.1. The number of anilines is 1. The number of aromatic nitrogens is 4. The molecule has 0 radical (unpaired) electrons. The minimum atomic E-state index is -0.489. The van der Waals surface area contributed by atoms with Crippen molar-refractivity contribution in [2.24, 2.45) is 5.10 Å². The van der Waals surface area contributed by atoms with E-state index in [9.17, 15) is 4.79 Å². The molecule has 3 rings (SSSR count). The molecule has 2 N–H and O–H groups in total. The number of carbonyl (C=O) groups excluding carboxylic acids is 1. The summed E-state index contributed by atoms with van der Waals surface area (Å²) in [7, 11) is 0. The Bertz CT molecular complexity index is 933. The van der Waals surface area contributed by atoms with Gasteiger partial charge in [0.1, 0.15) is 11.5 Å². The lowest BCUT2D eigenvalue weighted by atomic mass is 10.1. The smallest absolute Gasteiger partial charge is 0.339 e.